The van der Waals surface area contributed by atoms with E-state index in [4.69, 9.17) is 4.42 Å². The molecule has 4 rings (SSSR count). The Labute approximate surface area is 291 Å². The number of benzene rings is 3. The Morgan fingerprint density at radius 3 is 2.18 bits per heavy atom. The average Bonchev–Trinajstić information content (AvgIpc) is 3.63. The number of sulfonamides is 1. The van der Waals surface area contributed by atoms with E-state index in [0.717, 1.165) is 35.7 Å². The lowest BCUT2D eigenvalue weighted by molar-refractivity contribution is 0.0755. The van der Waals surface area contributed by atoms with Gasteiger partial charge in [0.2, 0.25) is 5.09 Å². The zero-order valence-corrected chi connectivity index (χ0v) is 29.2. The van der Waals surface area contributed by atoms with Gasteiger partial charge >= 0.3 is 0 Å². The fourth-order valence-electron chi connectivity index (χ4n) is 5.58. The molecule has 4 N–H and O–H groups in total. The highest BCUT2D eigenvalue weighted by Gasteiger charge is 2.26. The number of anilines is 1. The summed E-state index contributed by atoms with van der Waals surface area (Å²) in [6.45, 7) is 7.25. The summed E-state index contributed by atoms with van der Waals surface area (Å²) in [5, 5.41) is 16.9. The zero-order chi connectivity index (χ0) is 36.3. The maximum Gasteiger partial charge on any atom is 0.295 e. The Bertz CT molecular complexity index is 1830. The number of nitrogens with one attached hydrogen (secondary N) is 3. The first-order valence-corrected chi connectivity index (χ1v) is 18.1. The highest BCUT2D eigenvalue weighted by Crippen LogP contribution is 2.22. The molecule has 4 aromatic rings. The molecule has 1 heterocycles. The molecule has 10 nitrogen and oxygen atoms in total. The van der Waals surface area contributed by atoms with Crippen molar-refractivity contribution in [1.29, 1.82) is 0 Å². The van der Waals surface area contributed by atoms with Gasteiger partial charge in [-0.25, -0.2) is 8.78 Å². The highest BCUT2D eigenvalue weighted by molar-refractivity contribution is 7.92. The summed E-state index contributed by atoms with van der Waals surface area (Å²) < 4.78 is 61.8. The fourth-order valence-corrected chi connectivity index (χ4v) is 6.55. The van der Waals surface area contributed by atoms with Crippen molar-refractivity contribution in [3.05, 3.63) is 119 Å². The van der Waals surface area contributed by atoms with E-state index in [1.807, 2.05) is 45.0 Å². The van der Waals surface area contributed by atoms with E-state index in [1.54, 1.807) is 4.90 Å². The molecule has 0 unspecified atom stereocenters. The standard InChI is InChI=1S/C37H44F2N4O6S/c1-4-12-43(13-5-2)37(46)29-19-28(20-32(21-29)42-50(47,48)35-11-8-14-49-35)36(45)41-33(18-27-16-30(38)22-31(39)17-27)34(44)24-40-23-26-10-7-9-25(6-3)15-26/h7-11,14-17,19-22,33-34,40,42,44H,4-6,12-13,18,23-24H2,1-3H3,(H,41,45)/t33-,34+/m0/s1. The number of carbonyl (C=O) groups excluding carboxylic acids is 2. The van der Waals surface area contributed by atoms with Crippen LogP contribution >= 0.6 is 0 Å². The predicted octanol–water partition coefficient (Wildman–Crippen LogP) is 5.68. The molecule has 3 aromatic carbocycles. The van der Waals surface area contributed by atoms with Crippen LogP contribution in [0.5, 0.6) is 0 Å². The lowest BCUT2D eigenvalue weighted by Crippen LogP contribution is -2.48. The highest BCUT2D eigenvalue weighted by atomic mass is 32.2. The summed E-state index contributed by atoms with van der Waals surface area (Å²) in [7, 11) is -4.21. The molecule has 268 valence electrons. The van der Waals surface area contributed by atoms with Gasteiger partial charge in [0.15, 0.2) is 0 Å². The number of nitrogens with zero attached hydrogens (tertiary/aromatic N) is 1. The van der Waals surface area contributed by atoms with Crippen LogP contribution in [0.2, 0.25) is 0 Å². The third-order valence-corrected chi connectivity index (χ3v) is 9.24. The molecular weight excluding hydrogens is 666 g/mol. The second-order valence-corrected chi connectivity index (χ2v) is 13.7. The van der Waals surface area contributed by atoms with Crippen molar-refractivity contribution in [1.82, 2.24) is 15.5 Å². The molecule has 13 heteroatoms. The van der Waals surface area contributed by atoms with Crippen molar-refractivity contribution in [3.8, 4) is 0 Å². The predicted molar refractivity (Wildman–Crippen MR) is 187 cm³/mol. The average molecular weight is 711 g/mol. The number of hydrogen-bond donors (Lipinski definition) is 4. The van der Waals surface area contributed by atoms with Crippen molar-refractivity contribution in [2.45, 2.75) is 70.2 Å². The third kappa shape index (κ3) is 10.7. The van der Waals surface area contributed by atoms with E-state index < -0.39 is 45.6 Å². The van der Waals surface area contributed by atoms with Crippen molar-refractivity contribution >= 4 is 27.5 Å². The van der Waals surface area contributed by atoms with Gasteiger partial charge in [0, 0.05) is 43.4 Å². The molecule has 0 saturated heterocycles. The SMILES string of the molecule is CCCN(CCC)C(=O)c1cc(NS(=O)(=O)c2ccco2)cc(C(=O)N[C@@H](Cc2cc(F)cc(F)c2)[C@H](O)CNCc2cccc(CC)c2)c1. The van der Waals surface area contributed by atoms with Gasteiger partial charge in [-0.05, 0) is 84.8 Å². The molecule has 1 aromatic heterocycles. The topological polar surface area (TPSA) is 141 Å². The van der Waals surface area contributed by atoms with Crippen LogP contribution in [0.4, 0.5) is 14.5 Å². The van der Waals surface area contributed by atoms with Crippen molar-refractivity contribution < 1.29 is 36.3 Å². The number of furan rings is 1. The summed E-state index contributed by atoms with van der Waals surface area (Å²) in [5.41, 5.74) is 2.28. The number of rotatable bonds is 18. The van der Waals surface area contributed by atoms with E-state index in [1.165, 1.54) is 36.6 Å². The molecule has 0 aliphatic carbocycles. The fraction of sp³-hybridized carbons (Fsp3) is 0.351. The minimum absolute atomic E-state index is 0.0226. The molecule has 2 atom stereocenters. The molecule has 0 aliphatic rings. The molecule has 0 bridgehead atoms. The summed E-state index contributed by atoms with van der Waals surface area (Å²) in [6.07, 6.45) is 2.08. The molecule has 0 spiro atoms. The van der Waals surface area contributed by atoms with Crippen LogP contribution in [-0.2, 0) is 29.4 Å². The van der Waals surface area contributed by atoms with Gasteiger partial charge in [0.05, 0.1) is 24.1 Å². The first kappa shape index (κ1) is 38.2. The number of aryl methyl sites for hydroxylation is 1. The lowest BCUT2D eigenvalue weighted by atomic mass is 9.99. The van der Waals surface area contributed by atoms with Gasteiger partial charge < -0.3 is 25.1 Å². The Morgan fingerprint density at radius 2 is 1.54 bits per heavy atom. The minimum atomic E-state index is -4.21. The molecule has 0 aliphatic heterocycles. The Kier molecular flexibility index (Phi) is 13.7. The summed E-state index contributed by atoms with van der Waals surface area (Å²) >= 11 is 0. The van der Waals surface area contributed by atoms with Crippen molar-refractivity contribution in [2.75, 3.05) is 24.4 Å². The van der Waals surface area contributed by atoms with Crippen molar-refractivity contribution in [2.24, 2.45) is 0 Å². The van der Waals surface area contributed by atoms with Gasteiger partial charge in [-0.15, -0.1) is 0 Å². The Hall–Kier alpha value is -4.59. The van der Waals surface area contributed by atoms with Gasteiger partial charge in [0.25, 0.3) is 21.8 Å². The quantitative estimate of drug-likeness (QED) is 0.104. The zero-order valence-electron chi connectivity index (χ0n) is 28.4. The van der Waals surface area contributed by atoms with Crippen LogP contribution in [0.3, 0.4) is 0 Å². The second-order valence-electron chi connectivity index (χ2n) is 12.1. The third-order valence-electron chi connectivity index (χ3n) is 7.97. The lowest BCUT2D eigenvalue weighted by Gasteiger charge is -2.26. The summed E-state index contributed by atoms with van der Waals surface area (Å²) in [4.78, 5) is 29.1. The second kappa shape index (κ2) is 17.9. The van der Waals surface area contributed by atoms with Crippen LogP contribution in [0, 0.1) is 11.6 Å². The van der Waals surface area contributed by atoms with Gasteiger partial charge in [0.1, 0.15) is 11.6 Å². The largest absolute Gasteiger partial charge is 0.451 e. The molecular formula is C37H44F2N4O6S. The number of carbonyl (C=O) groups is 2. The number of amides is 2. The number of halogens is 2. The van der Waals surface area contributed by atoms with E-state index in [-0.39, 0.29) is 40.4 Å². The monoisotopic (exact) mass is 710 g/mol. The summed E-state index contributed by atoms with van der Waals surface area (Å²) in [5.74, 6) is -2.76. The maximum atomic E-state index is 14.1. The molecule has 0 saturated carbocycles. The van der Waals surface area contributed by atoms with Gasteiger partial charge in [-0.1, -0.05) is 45.0 Å². The number of aliphatic hydroxyl groups is 1. The molecule has 50 heavy (non-hydrogen) atoms. The first-order valence-electron chi connectivity index (χ1n) is 16.7. The van der Waals surface area contributed by atoms with E-state index >= 15 is 0 Å². The van der Waals surface area contributed by atoms with Gasteiger partial charge in [-0.3, -0.25) is 14.3 Å². The normalized spacial score (nSPS) is 12.7. The number of aliphatic hydroxyl groups excluding tert-OH is 1. The van der Waals surface area contributed by atoms with E-state index in [0.29, 0.717) is 32.5 Å². The molecule has 0 fully saturated rings. The van der Waals surface area contributed by atoms with E-state index in [2.05, 4.69) is 15.4 Å². The Balaban J connectivity index is 1.64. The van der Waals surface area contributed by atoms with Crippen LogP contribution in [0.15, 0.2) is 88.6 Å². The van der Waals surface area contributed by atoms with Crippen LogP contribution in [-0.4, -0.2) is 62.0 Å². The van der Waals surface area contributed by atoms with Crippen LogP contribution in [0.1, 0.15) is 71.0 Å². The maximum absolute atomic E-state index is 14.1. The Morgan fingerprint density at radius 1 is 0.860 bits per heavy atom. The molecule has 0 radical (unpaired) electrons. The minimum Gasteiger partial charge on any atom is -0.451 e. The van der Waals surface area contributed by atoms with Crippen LogP contribution in [0.25, 0.3) is 0 Å². The number of hydrogen-bond acceptors (Lipinski definition) is 7. The van der Waals surface area contributed by atoms with E-state index in [9.17, 15) is 31.9 Å². The summed E-state index contributed by atoms with van der Waals surface area (Å²) in [6, 6.07) is 16.5. The first-order chi connectivity index (χ1) is 23.9. The van der Waals surface area contributed by atoms with Crippen molar-refractivity contribution in [3.63, 3.8) is 0 Å². The molecule has 2 amide bonds. The smallest absolute Gasteiger partial charge is 0.295 e. The van der Waals surface area contributed by atoms with Crippen LogP contribution < -0.4 is 15.4 Å². The van der Waals surface area contributed by atoms with Gasteiger partial charge in [-0.2, -0.15) is 8.42 Å².